The number of anilines is 3. The van der Waals surface area contributed by atoms with Gasteiger partial charge in [-0.3, -0.25) is 0 Å². The second-order valence-electron chi connectivity index (χ2n) is 17.3. The maximum atomic E-state index is 6.43. The molecule has 0 aliphatic heterocycles. The molecule has 2 heterocycles. The molecule has 314 valence electrons. The van der Waals surface area contributed by atoms with E-state index in [2.05, 4.69) is 258 Å². The van der Waals surface area contributed by atoms with Crippen LogP contribution in [0.25, 0.3) is 105 Å². The monoisotopic (exact) mass is 854 g/mol. The Morgan fingerprint density at radius 1 is 0.313 bits per heavy atom. The van der Waals surface area contributed by atoms with Crippen LogP contribution in [-0.2, 0) is 0 Å². The summed E-state index contributed by atoms with van der Waals surface area (Å²) >= 11 is 0. The largest absolute Gasteiger partial charge is 0.456 e. The zero-order valence-corrected chi connectivity index (χ0v) is 36.6. The second kappa shape index (κ2) is 16.0. The molecule has 0 amide bonds. The molecule has 0 aliphatic carbocycles. The van der Waals surface area contributed by atoms with Gasteiger partial charge >= 0.3 is 0 Å². The third-order valence-electron chi connectivity index (χ3n) is 13.4. The van der Waals surface area contributed by atoms with Crippen LogP contribution in [0.3, 0.4) is 0 Å². The molecule has 0 saturated heterocycles. The zero-order valence-electron chi connectivity index (χ0n) is 36.6. The molecule has 3 heteroatoms. The van der Waals surface area contributed by atoms with E-state index in [-0.39, 0.29) is 0 Å². The van der Waals surface area contributed by atoms with Gasteiger partial charge in [0.2, 0.25) is 0 Å². The highest BCUT2D eigenvalue weighted by atomic mass is 16.3. The lowest BCUT2D eigenvalue weighted by molar-refractivity contribution is 0.669. The van der Waals surface area contributed by atoms with Crippen molar-refractivity contribution in [3.8, 4) is 50.2 Å². The van der Waals surface area contributed by atoms with E-state index < -0.39 is 0 Å². The van der Waals surface area contributed by atoms with Gasteiger partial charge in [-0.25, -0.2) is 0 Å². The van der Waals surface area contributed by atoms with E-state index in [1.54, 1.807) is 0 Å². The Balaban J connectivity index is 0.933. The van der Waals surface area contributed by atoms with E-state index in [4.69, 9.17) is 4.42 Å². The fourth-order valence-corrected chi connectivity index (χ4v) is 10.3. The second-order valence-corrected chi connectivity index (χ2v) is 17.3. The highest BCUT2D eigenvalue weighted by Gasteiger charge is 2.23. The van der Waals surface area contributed by atoms with Crippen LogP contribution in [-0.4, -0.2) is 4.57 Å². The lowest BCUT2D eigenvalue weighted by atomic mass is 9.95. The Hall–Kier alpha value is -8.92. The number of nitrogens with zero attached hydrogens (tertiary/aromatic N) is 2. The van der Waals surface area contributed by atoms with Gasteiger partial charge in [0.1, 0.15) is 11.2 Å². The Labute approximate surface area is 388 Å². The average molecular weight is 855 g/mol. The molecule has 13 aromatic rings. The van der Waals surface area contributed by atoms with Crippen molar-refractivity contribution in [3.05, 3.63) is 255 Å². The molecule has 0 unspecified atom stereocenters. The lowest BCUT2D eigenvalue weighted by Gasteiger charge is -2.30. The van der Waals surface area contributed by atoms with Gasteiger partial charge in [0.05, 0.1) is 22.4 Å². The van der Waals surface area contributed by atoms with Gasteiger partial charge in [0, 0.05) is 44.0 Å². The Morgan fingerprint density at radius 3 is 1.63 bits per heavy atom. The number of hydrogen-bond acceptors (Lipinski definition) is 2. The molecule has 0 spiro atoms. The number of furan rings is 1. The van der Waals surface area contributed by atoms with Crippen LogP contribution in [0.5, 0.6) is 0 Å². The summed E-state index contributed by atoms with van der Waals surface area (Å²) in [5, 5.41) is 7.18. The van der Waals surface area contributed by atoms with Crippen LogP contribution < -0.4 is 4.90 Å². The number of rotatable bonds is 8. The van der Waals surface area contributed by atoms with Gasteiger partial charge in [0.25, 0.3) is 0 Å². The van der Waals surface area contributed by atoms with Crippen molar-refractivity contribution in [3.63, 3.8) is 0 Å². The highest BCUT2D eigenvalue weighted by molar-refractivity contribution is 6.14. The quantitative estimate of drug-likeness (QED) is 0.152. The van der Waals surface area contributed by atoms with Crippen molar-refractivity contribution in [2.75, 3.05) is 4.90 Å². The summed E-state index contributed by atoms with van der Waals surface area (Å²) in [6.45, 7) is 0. The SMILES string of the molecule is c1cc(-c2ccc(N(c3ccccc3-c3ccc4ccccc4c3)c3ccccc3-c3cccc4oc5ccccc5c34)cc2)cc(-c2cccc(-n3c4ccccc4c4ccccc43)c2)c1. The van der Waals surface area contributed by atoms with Crippen molar-refractivity contribution in [2.45, 2.75) is 0 Å². The van der Waals surface area contributed by atoms with E-state index in [1.165, 1.54) is 43.7 Å². The van der Waals surface area contributed by atoms with Gasteiger partial charge in [-0.15, -0.1) is 0 Å². The standard InChI is InChI=1S/C64H42N2O/c1-2-17-45-41-49(35-34-43(45)16-1)52-22-3-8-28-58(52)65(61-31-11-6-25-55(61)56-27-15-33-63-64(56)57-26-7-12-32-62(57)67-63)50-38-36-44(37-39-50)46-18-13-19-47(40-46)48-20-14-21-51(42-48)66-59-29-9-4-23-53(59)54-24-5-10-30-60(54)66/h1-42H. The van der Waals surface area contributed by atoms with Crippen molar-refractivity contribution >= 4 is 71.6 Å². The van der Waals surface area contributed by atoms with Crippen LogP contribution in [0.1, 0.15) is 0 Å². The first-order valence-corrected chi connectivity index (χ1v) is 22.9. The van der Waals surface area contributed by atoms with E-state index in [0.29, 0.717) is 0 Å². The van der Waals surface area contributed by atoms with Crippen LogP contribution in [0.4, 0.5) is 17.1 Å². The third kappa shape index (κ3) is 6.59. The summed E-state index contributed by atoms with van der Waals surface area (Å²) in [5.74, 6) is 0. The molecule has 0 bridgehead atoms. The molecular weight excluding hydrogens is 813 g/mol. The van der Waals surface area contributed by atoms with Crippen molar-refractivity contribution < 1.29 is 4.42 Å². The Kier molecular flexibility index (Phi) is 9.17. The zero-order chi connectivity index (χ0) is 44.3. The normalized spacial score (nSPS) is 11.6. The Morgan fingerprint density at radius 2 is 0.851 bits per heavy atom. The van der Waals surface area contributed by atoms with Crippen molar-refractivity contribution in [1.82, 2.24) is 4.57 Å². The first-order valence-electron chi connectivity index (χ1n) is 22.9. The number of para-hydroxylation sites is 5. The lowest BCUT2D eigenvalue weighted by Crippen LogP contribution is -2.12. The number of benzene rings is 11. The maximum Gasteiger partial charge on any atom is 0.136 e. The van der Waals surface area contributed by atoms with Gasteiger partial charge in [-0.05, 0) is 117 Å². The fraction of sp³-hybridized carbons (Fsp3) is 0. The molecule has 67 heavy (non-hydrogen) atoms. The van der Waals surface area contributed by atoms with Crippen LogP contribution in [0, 0.1) is 0 Å². The van der Waals surface area contributed by atoms with Gasteiger partial charge in [0.15, 0.2) is 0 Å². The van der Waals surface area contributed by atoms with Crippen LogP contribution >= 0.6 is 0 Å². The molecule has 11 aromatic carbocycles. The molecule has 2 aromatic heterocycles. The minimum atomic E-state index is 0.877. The molecule has 0 atom stereocenters. The van der Waals surface area contributed by atoms with E-state index in [0.717, 1.165) is 78.1 Å². The van der Waals surface area contributed by atoms with E-state index >= 15 is 0 Å². The van der Waals surface area contributed by atoms with Gasteiger partial charge < -0.3 is 13.9 Å². The summed E-state index contributed by atoms with van der Waals surface area (Å²) in [5.41, 5.74) is 17.8. The Bertz CT molecular complexity index is 3950. The van der Waals surface area contributed by atoms with Crippen molar-refractivity contribution in [2.24, 2.45) is 0 Å². The minimum absolute atomic E-state index is 0.877. The van der Waals surface area contributed by atoms with Gasteiger partial charge in [-0.1, -0.05) is 182 Å². The predicted molar refractivity (Wildman–Crippen MR) is 282 cm³/mol. The minimum Gasteiger partial charge on any atom is -0.456 e. The summed E-state index contributed by atoms with van der Waals surface area (Å²) in [6, 6.07) is 92.0. The number of aromatic nitrogens is 1. The maximum absolute atomic E-state index is 6.43. The molecule has 0 saturated carbocycles. The molecule has 0 fully saturated rings. The summed E-state index contributed by atoms with van der Waals surface area (Å²) < 4.78 is 8.81. The molecule has 13 rings (SSSR count). The predicted octanol–water partition coefficient (Wildman–Crippen LogP) is 18.0. The fourth-order valence-electron chi connectivity index (χ4n) is 10.3. The average Bonchev–Trinajstić information content (AvgIpc) is 3.95. The number of fused-ring (bicyclic) bond motifs is 7. The topological polar surface area (TPSA) is 21.3 Å². The molecule has 3 nitrogen and oxygen atoms in total. The molecular formula is C64H42N2O. The van der Waals surface area contributed by atoms with Crippen LogP contribution in [0.15, 0.2) is 259 Å². The molecule has 0 radical (unpaired) electrons. The number of hydrogen-bond donors (Lipinski definition) is 0. The third-order valence-corrected chi connectivity index (χ3v) is 13.4. The first kappa shape index (κ1) is 38.5. The highest BCUT2D eigenvalue weighted by Crippen LogP contribution is 2.47. The summed E-state index contributed by atoms with van der Waals surface area (Å²) in [6.07, 6.45) is 0. The van der Waals surface area contributed by atoms with E-state index in [1.807, 2.05) is 6.07 Å². The smallest absolute Gasteiger partial charge is 0.136 e. The van der Waals surface area contributed by atoms with Crippen molar-refractivity contribution in [1.29, 1.82) is 0 Å². The molecule has 0 N–H and O–H groups in total. The first-order chi connectivity index (χ1) is 33.2. The van der Waals surface area contributed by atoms with Gasteiger partial charge in [-0.2, -0.15) is 0 Å². The van der Waals surface area contributed by atoms with Crippen LogP contribution in [0.2, 0.25) is 0 Å². The molecule has 0 aliphatic rings. The summed E-state index contributed by atoms with van der Waals surface area (Å²) in [4.78, 5) is 2.43. The van der Waals surface area contributed by atoms with E-state index in [9.17, 15) is 0 Å². The summed E-state index contributed by atoms with van der Waals surface area (Å²) in [7, 11) is 0.